The van der Waals surface area contributed by atoms with Crippen LogP contribution in [0.4, 0.5) is 11.4 Å². The monoisotopic (exact) mass is 291 g/mol. The lowest BCUT2D eigenvalue weighted by Crippen LogP contribution is -2.38. The predicted octanol–water partition coefficient (Wildman–Crippen LogP) is 3.34. The molecule has 0 amide bonds. The Labute approximate surface area is 128 Å². The zero-order chi connectivity index (χ0) is 15.1. The number of nitrogens with zero attached hydrogens (tertiary/aromatic N) is 1. The summed E-state index contributed by atoms with van der Waals surface area (Å²) >= 11 is 0. The Morgan fingerprint density at radius 2 is 2.24 bits per heavy atom. The van der Waals surface area contributed by atoms with Crippen molar-refractivity contribution in [3.8, 4) is 5.75 Å². The fourth-order valence-corrected chi connectivity index (χ4v) is 2.97. The normalized spacial score (nSPS) is 19.4. The van der Waals surface area contributed by atoms with E-state index < -0.39 is 0 Å². The zero-order valence-electron chi connectivity index (χ0n) is 13.4. The highest BCUT2D eigenvalue weighted by atomic mass is 16.5. The molecule has 1 aromatic carbocycles. The third-order valence-electron chi connectivity index (χ3n) is 4.24. The molecule has 0 radical (unpaired) electrons. The van der Waals surface area contributed by atoms with Gasteiger partial charge in [0.25, 0.3) is 0 Å². The summed E-state index contributed by atoms with van der Waals surface area (Å²) < 4.78 is 5.52. The number of anilines is 2. The van der Waals surface area contributed by atoms with Gasteiger partial charge in [-0.15, -0.1) is 0 Å². The first-order valence-electron chi connectivity index (χ1n) is 8.21. The number of piperidine rings is 1. The second kappa shape index (κ2) is 8.13. The highest BCUT2D eigenvalue weighted by Gasteiger charge is 2.17. The average molecular weight is 291 g/mol. The van der Waals surface area contributed by atoms with Crippen LogP contribution in [0.5, 0.6) is 5.75 Å². The molecule has 2 rings (SSSR count). The Balaban J connectivity index is 1.77. The number of ether oxygens (including phenoxy) is 1. The van der Waals surface area contributed by atoms with E-state index >= 15 is 0 Å². The van der Waals surface area contributed by atoms with E-state index in [1.807, 2.05) is 25.1 Å². The highest BCUT2D eigenvalue weighted by Crippen LogP contribution is 2.29. The van der Waals surface area contributed by atoms with Gasteiger partial charge in [0.1, 0.15) is 5.75 Å². The maximum atomic E-state index is 6.12. The summed E-state index contributed by atoms with van der Waals surface area (Å²) in [5, 5.41) is 3.43. The van der Waals surface area contributed by atoms with Crippen LogP contribution in [0.25, 0.3) is 0 Å². The van der Waals surface area contributed by atoms with Crippen LogP contribution < -0.4 is 15.8 Å². The topological polar surface area (TPSA) is 50.5 Å². The van der Waals surface area contributed by atoms with Crippen LogP contribution in [0, 0.1) is 0 Å². The molecule has 21 heavy (non-hydrogen) atoms. The molecule has 1 unspecified atom stereocenters. The van der Waals surface area contributed by atoms with Gasteiger partial charge < -0.3 is 20.7 Å². The SMILES string of the molecule is CCOc1cccc(NCCCN2CCCCC2C)c1N. The van der Waals surface area contributed by atoms with E-state index in [9.17, 15) is 0 Å². The molecule has 0 aliphatic carbocycles. The Morgan fingerprint density at radius 1 is 1.38 bits per heavy atom. The molecular formula is C17H29N3O. The fraction of sp³-hybridized carbons (Fsp3) is 0.647. The van der Waals surface area contributed by atoms with Crippen LogP contribution >= 0.6 is 0 Å². The van der Waals surface area contributed by atoms with Gasteiger partial charge in [-0.1, -0.05) is 12.5 Å². The van der Waals surface area contributed by atoms with Gasteiger partial charge in [0.05, 0.1) is 18.0 Å². The van der Waals surface area contributed by atoms with Crippen molar-refractivity contribution < 1.29 is 4.74 Å². The Morgan fingerprint density at radius 3 is 3.00 bits per heavy atom. The molecule has 0 aromatic heterocycles. The Bertz CT molecular complexity index is 436. The van der Waals surface area contributed by atoms with E-state index in [1.165, 1.54) is 32.4 Å². The molecule has 1 fully saturated rings. The van der Waals surface area contributed by atoms with Crippen LogP contribution in [0.2, 0.25) is 0 Å². The third kappa shape index (κ3) is 4.53. The summed E-state index contributed by atoms with van der Waals surface area (Å²) in [6.45, 7) is 8.32. The van der Waals surface area contributed by atoms with Crippen LogP contribution in [-0.4, -0.2) is 37.2 Å². The molecule has 0 saturated carbocycles. The molecule has 1 aliphatic heterocycles. The zero-order valence-corrected chi connectivity index (χ0v) is 13.4. The summed E-state index contributed by atoms with van der Waals surface area (Å²) in [6, 6.07) is 6.65. The van der Waals surface area contributed by atoms with E-state index in [0.717, 1.165) is 30.4 Å². The molecule has 1 heterocycles. The van der Waals surface area contributed by atoms with Crippen molar-refractivity contribution in [2.24, 2.45) is 0 Å². The smallest absolute Gasteiger partial charge is 0.144 e. The van der Waals surface area contributed by atoms with Crippen LogP contribution in [0.15, 0.2) is 18.2 Å². The van der Waals surface area contributed by atoms with Gasteiger partial charge in [-0.2, -0.15) is 0 Å². The molecule has 0 bridgehead atoms. The molecular weight excluding hydrogens is 262 g/mol. The maximum Gasteiger partial charge on any atom is 0.144 e. The average Bonchev–Trinajstić information content (AvgIpc) is 2.49. The number of likely N-dealkylation sites (tertiary alicyclic amines) is 1. The number of rotatable bonds is 7. The number of nitrogen functional groups attached to an aromatic ring is 1. The summed E-state index contributed by atoms with van der Waals surface area (Å²) in [4.78, 5) is 2.60. The van der Waals surface area contributed by atoms with Crippen LogP contribution in [0.3, 0.4) is 0 Å². The predicted molar refractivity (Wildman–Crippen MR) is 90.0 cm³/mol. The van der Waals surface area contributed by atoms with Crippen molar-refractivity contribution in [3.63, 3.8) is 0 Å². The Kier molecular flexibility index (Phi) is 6.18. The van der Waals surface area contributed by atoms with Gasteiger partial charge in [-0.25, -0.2) is 0 Å². The minimum Gasteiger partial charge on any atom is -0.492 e. The van der Waals surface area contributed by atoms with Gasteiger partial charge in [0.2, 0.25) is 0 Å². The van der Waals surface area contributed by atoms with Crippen molar-refractivity contribution in [2.75, 3.05) is 37.3 Å². The lowest BCUT2D eigenvalue weighted by Gasteiger charge is -2.33. The first-order chi connectivity index (χ1) is 10.2. The number of benzene rings is 1. The van der Waals surface area contributed by atoms with E-state index in [2.05, 4.69) is 17.1 Å². The molecule has 1 atom stereocenters. The van der Waals surface area contributed by atoms with Gasteiger partial charge in [-0.05, 0) is 51.8 Å². The Hall–Kier alpha value is -1.42. The molecule has 3 N–H and O–H groups in total. The lowest BCUT2D eigenvalue weighted by molar-refractivity contribution is 0.160. The highest BCUT2D eigenvalue weighted by molar-refractivity contribution is 5.72. The third-order valence-corrected chi connectivity index (χ3v) is 4.24. The van der Waals surface area contributed by atoms with Crippen molar-refractivity contribution in [2.45, 2.75) is 45.6 Å². The minimum absolute atomic E-state index is 0.639. The minimum atomic E-state index is 0.639. The second-order valence-electron chi connectivity index (χ2n) is 5.81. The number of hydrogen-bond acceptors (Lipinski definition) is 4. The van der Waals surface area contributed by atoms with Gasteiger partial charge in [0.15, 0.2) is 0 Å². The second-order valence-corrected chi connectivity index (χ2v) is 5.81. The van der Waals surface area contributed by atoms with Crippen molar-refractivity contribution in [1.29, 1.82) is 0 Å². The van der Waals surface area contributed by atoms with Crippen molar-refractivity contribution in [3.05, 3.63) is 18.2 Å². The number of nitrogens with two attached hydrogens (primary N) is 1. The molecule has 1 aliphatic rings. The maximum absolute atomic E-state index is 6.12. The van der Waals surface area contributed by atoms with E-state index in [0.29, 0.717) is 12.3 Å². The van der Waals surface area contributed by atoms with Gasteiger partial charge >= 0.3 is 0 Å². The lowest BCUT2D eigenvalue weighted by atomic mass is 10.0. The van der Waals surface area contributed by atoms with E-state index in [1.54, 1.807) is 0 Å². The summed E-state index contributed by atoms with van der Waals surface area (Å²) in [5.74, 6) is 0.771. The first-order valence-corrected chi connectivity index (χ1v) is 8.21. The summed E-state index contributed by atoms with van der Waals surface area (Å²) in [6.07, 6.45) is 5.22. The molecule has 4 heteroatoms. The van der Waals surface area contributed by atoms with Crippen molar-refractivity contribution in [1.82, 2.24) is 4.90 Å². The molecule has 1 saturated heterocycles. The molecule has 0 spiro atoms. The number of hydrogen-bond donors (Lipinski definition) is 2. The largest absolute Gasteiger partial charge is 0.492 e. The molecule has 118 valence electrons. The van der Waals surface area contributed by atoms with Crippen LogP contribution in [-0.2, 0) is 0 Å². The van der Waals surface area contributed by atoms with E-state index in [-0.39, 0.29) is 0 Å². The van der Waals surface area contributed by atoms with E-state index in [4.69, 9.17) is 10.5 Å². The van der Waals surface area contributed by atoms with Crippen molar-refractivity contribution >= 4 is 11.4 Å². The van der Waals surface area contributed by atoms with Crippen LogP contribution in [0.1, 0.15) is 39.5 Å². The summed E-state index contributed by atoms with van der Waals surface area (Å²) in [7, 11) is 0. The molecule has 1 aromatic rings. The quantitative estimate of drug-likeness (QED) is 0.597. The summed E-state index contributed by atoms with van der Waals surface area (Å²) in [5.41, 5.74) is 7.81. The van der Waals surface area contributed by atoms with Gasteiger partial charge in [-0.3, -0.25) is 0 Å². The molecule has 4 nitrogen and oxygen atoms in total. The number of nitrogens with one attached hydrogen (secondary N) is 1. The standard InChI is InChI=1S/C17H29N3O/c1-3-21-16-10-6-9-15(17(16)18)19-11-7-13-20-12-5-4-8-14(20)2/h6,9-10,14,19H,3-5,7-8,11-13,18H2,1-2H3. The number of para-hydroxylation sites is 1. The first kappa shape index (κ1) is 16.0. The fourth-order valence-electron chi connectivity index (χ4n) is 2.97. The van der Waals surface area contributed by atoms with Gasteiger partial charge in [0, 0.05) is 19.1 Å².